The lowest BCUT2D eigenvalue weighted by atomic mass is 9.58. The van der Waals surface area contributed by atoms with Crippen molar-refractivity contribution in [1.29, 1.82) is 0 Å². The highest BCUT2D eigenvalue weighted by Crippen LogP contribution is 2.55. The van der Waals surface area contributed by atoms with Crippen LogP contribution in [0.2, 0.25) is 0 Å². The molecular formula is C20H39NO. The van der Waals surface area contributed by atoms with Gasteiger partial charge in [0.1, 0.15) is 0 Å². The number of likely N-dealkylation sites (tertiary alicyclic amines) is 1. The molecule has 0 N–H and O–H groups in total. The van der Waals surface area contributed by atoms with Crippen LogP contribution in [0.3, 0.4) is 0 Å². The van der Waals surface area contributed by atoms with Crippen LogP contribution in [0.5, 0.6) is 0 Å². The van der Waals surface area contributed by atoms with E-state index < -0.39 is 0 Å². The Kier molecular flexibility index (Phi) is 6.14. The van der Waals surface area contributed by atoms with Crippen LogP contribution < -0.4 is 0 Å². The Labute approximate surface area is 139 Å². The molecule has 130 valence electrons. The van der Waals surface area contributed by atoms with E-state index in [1.54, 1.807) is 0 Å². The summed E-state index contributed by atoms with van der Waals surface area (Å²) in [7, 11) is 0. The monoisotopic (exact) mass is 309 g/mol. The van der Waals surface area contributed by atoms with Crippen molar-refractivity contribution in [2.24, 2.45) is 40.9 Å². The molecule has 0 aromatic rings. The highest BCUT2D eigenvalue weighted by molar-refractivity contribution is 5.79. The van der Waals surface area contributed by atoms with E-state index >= 15 is 0 Å². The maximum atomic E-state index is 12.9. The van der Waals surface area contributed by atoms with E-state index in [1.165, 1.54) is 0 Å². The van der Waals surface area contributed by atoms with Crippen molar-refractivity contribution in [1.82, 2.24) is 4.90 Å². The maximum Gasteiger partial charge on any atom is 0.225 e. The van der Waals surface area contributed by atoms with Crippen LogP contribution in [0.4, 0.5) is 0 Å². The first-order valence-electron chi connectivity index (χ1n) is 9.28. The quantitative estimate of drug-likeness (QED) is 0.693. The first-order valence-corrected chi connectivity index (χ1v) is 9.28. The molecule has 0 saturated carbocycles. The molecule has 0 aliphatic carbocycles. The summed E-state index contributed by atoms with van der Waals surface area (Å²) in [6.07, 6.45) is 0. The van der Waals surface area contributed by atoms with Gasteiger partial charge in [0.05, 0.1) is 0 Å². The first-order chi connectivity index (χ1) is 9.98. The molecule has 1 rings (SSSR count). The Morgan fingerprint density at radius 2 is 1.32 bits per heavy atom. The third-order valence-electron chi connectivity index (χ3n) is 6.12. The molecular weight excluding hydrogens is 270 g/mol. The number of carbonyl (C=O) groups excluding carboxylic acids is 1. The molecule has 0 radical (unpaired) electrons. The predicted octanol–water partition coefficient (Wildman–Crippen LogP) is 5.08. The van der Waals surface area contributed by atoms with Crippen molar-refractivity contribution in [2.75, 3.05) is 6.54 Å². The van der Waals surface area contributed by atoms with Crippen molar-refractivity contribution in [3.8, 4) is 0 Å². The molecule has 2 heteroatoms. The zero-order chi connectivity index (χ0) is 17.4. The molecule has 1 saturated heterocycles. The van der Waals surface area contributed by atoms with Gasteiger partial charge in [-0.25, -0.2) is 0 Å². The van der Waals surface area contributed by atoms with Crippen LogP contribution >= 0.6 is 0 Å². The Bertz CT molecular complexity index is 373. The van der Waals surface area contributed by atoms with Crippen LogP contribution in [0.1, 0.15) is 69.2 Å². The third-order valence-corrected chi connectivity index (χ3v) is 6.12. The number of carbonyl (C=O) groups is 1. The number of hydrogen-bond acceptors (Lipinski definition) is 1. The van der Waals surface area contributed by atoms with Crippen LogP contribution in [0.15, 0.2) is 0 Å². The number of nitrogens with zero attached hydrogens (tertiary/aromatic N) is 1. The third kappa shape index (κ3) is 3.08. The Morgan fingerprint density at radius 1 is 0.864 bits per heavy atom. The molecule has 0 unspecified atom stereocenters. The predicted molar refractivity (Wildman–Crippen MR) is 95.6 cm³/mol. The lowest BCUT2D eigenvalue weighted by Crippen LogP contribution is -2.45. The molecule has 22 heavy (non-hydrogen) atoms. The van der Waals surface area contributed by atoms with Crippen LogP contribution in [-0.4, -0.2) is 23.4 Å². The molecule has 1 heterocycles. The number of rotatable bonds is 5. The lowest BCUT2D eigenvalue weighted by molar-refractivity contribution is -0.136. The topological polar surface area (TPSA) is 20.3 Å². The van der Waals surface area contributed by atoms with Gasteiger partial charge in [-0.05, 0) is 35.0 Å². The largest absolute Gasteiger partial charge is 0.338 e. The van der Waals surface area contributed by atoms with E-state index in [1.807, 2.05) is 13.8 Å². The Morgan fingerprint density at radius 3 is 1.59 bits per heavy atom. The van der Waals surface area contributed by atoms with Gasteiger partial charge in [-0.15, -0.1) is 0 Å². The summed E-state index contributed by atoms with van der Waals surface area (Å²) in [6.45, 7) is 23.7. The molecule has 2 atom stereocenters. The second-order valence-corrected chi connectivity index (χ2v) is 9.05. The summed E-state index contributed by atoms with van der Waals surface area (Å²) < 4.78 is 0. The number of hydrogen-bond donors (Lipinski definition) is 0. The molecule has 0 aromatic carbocycles. The highest BCUT2D eigenvalue weighted by Gasteiger charge is 2.58. The van der Waals surface area contributed by atoms with Crippen molar-refractivity contribution in [2.45, 2.75) is 75.3 Å². The van der Waals surface area contributed by atoms with Crippen LogP contribution in [0, 0.1) is 40.9 Å². The van der Waals surface area contributed by atoms with Gasteiger partial charge in [-0.3, -0.25) is 4.79 Å². The molecule has 1 aliphatic rings. The molecule has 0 spiro atoms. The molecule has 0 aromatic heterocycles. The minimum Gasteiger partial charge on any atom is -0.338 e. The average molecular weight is 310 g/mol. The average Bonchev–Trinajstić information content (AvgIpc) is 2.74. The van der Waals surface area contributed by atoms with E-state index in [0.29, 0.717) is 41.5 Å². The minimum absolute atomic E-state index is 0.0872. The lowest BCUT2D eigenvalue weighted by Gasteiger charge is -2.45. The summed E-state index contributed by atoms with van der Waals surface area (Å²) in [5.41, 5.74) is 0.230. The zero-order valence-electron chi connectivity index (χ0n) is 16.6. The molecule has 1 aliphatic heterocycles. The molecule has 1 amide bonds. The van der Waals surface area contributed by atoms with E-state index in [2.05, 4.69) is 60.3 Å². The SMILES string of the molecule is CC(C)C(=O)N1CC(C(C)C)(C(C)C)[C@@H](C(C)C)[C@H]1C(C)C. The summed E-state index contributed by atoms with van der Waals surface area (Å²) in [5.74, 6) is 3.29. The van der Waals surface area contributed by atoms with Crippen molar-refractivity contribution >= 4 is 5.91 Å². The standard InChI is InChI=1S/C20H39NO/c1-12(2)17-18(13(3)4)21(19(22)14(5)6)11-20(17,15(7)8)16(9)10/h12-18H,11H2,1-10H3/t17-,18+/m0/s1. The van der Waals surface area contributed by atoms with Crippen molar-refractivity contribution < 1.29 is 4.79 Å². The van der Waals surface area contributed by atoms with Gasteiger partial charge in [-0.2, -0.15) is 0 Å². The fraction of sp³-hybridized carbons (Fsp3) is 0.950. The Hall–Kier alpha value is -0.530. The van der Waals surface area contributed by atoms with Crippen LogP contribution in [-0.2, 0) is 4.79 Å². The van der Waals surface area contributed by atoms with Gasteiger partial charge >= 0.3 is 0 Å². The van der Waals surface area contributed by atoms with E-state index in [9.17, 15) is 4.79 Å². The first kappa shape index (κ1) is 19.5. The molecule has 0 bridgehead atoms. The van der Waals surface area contributed by atoms with Crippen molar-refractivity contribution in [3.63, 3.8) is 0 Å². The second kappa shape index (κ2) is 6.93. The fourth-order valence-electron chi connectivity index (χ4n) is 5.17. The summed E-state index contributed by atoms with van der Waals surface area (Å²) in [4.78, 5) is 15.1. The van der Waals surface area contributed by atoms with Gasteiger partial charge in [0, 0.05) is 18.5 Å². The second-order valence-electron chi connectivity index (χ2n) is 9.05. The van der Waals surface area contributed by atoms with Gasteiger partial charge in [-0.1, -0.05) is 69.2 Å². The Balaban J connectivity index is 3.44. The molecule has 2 nitrogen and oxygen atoms in total. The summed E-state index contributed by atoms with van der Waals surface area (Å²) in [5, 5.41) is 0. The molecule has 1 fully saturated rings. The zero-order valence-corrected chi connectivity index (χ0v) is 16.6. The van der Waals surface area contributed by atoms with Gasteiger partial charge < -0.3 is 4.90 Å². The highest BCUT2D eigenvalue weighted by atomic mass is 16.2. The number of amides is 1. The van der Waals surface area contributed by atoms with E-state index in [4.69, 9.17) is 0 Å². The van der Waals surface area contributed by atoms with Gasteiger partial charge in [0.15, 0.2) is 0 Å². The van der Waals surface area contributed by atoms with E-state index in [0.717, 1.165) is 6.54 Å². The van der Waals surface area contributed by atoms with Crippen molar-refractivity contribution in [3.05, 3.63) is 0 Å². The van der Waals surface area contributed by atoms with E-state index in [-0.39, 0.29) is 11.3 Å². The van der Waals surface area contributed by atoms with Gasteiger partial charge in [0.25, 0.3) is 0 Å². The summed E-state index contributed by atoms with van der Waals surface area (Å²) in [6, 6.07) is 0.375. The minimum atomic E-state index is 0.0872. The summed E-state index contributed by atoms with van der Waals surface area (Å²) >= 11 is 0. The van der Waals surface area contributed by atoms with Gasteiger partial charge in [0.2, 0.25) is 5.91 Å². The van der Waals surface area contributed by atoms with Crippen LogP contribution in [0.25, 0.3) is 0 Å². The normalized spacial score (nSPS) is 25.3. The fourth-order valence-corrected chi connectivity index (χ4v) is 5.17. The smallest absolute Gasteiger partial charge is 0.225 e. The maximum absolute atomic E-state index is 12.9.